The first-order chi connectivity index (χ1) is 9.16. The van der Waals surface area contributed by atoms with Gasteiger partial charge < -0.3 is 17.0 Å². The summed E-state index contributed by atoms with van der Waals surface area (Å²) in [7, 11) is 0. The van der Waals surface area contributed by atoms with Gasteiger partial charge in [0.2, 0.25) is 0 Å². The van der Waals surface area contributed by atoms with Crippen LogP contribution >= 0.6 is 0 Å². The van der Waals surface area contributed by atoms with Crippen LogP contribution in [0.15, 0.2) is 12.3 Å². The first-order valence-electron chi connectivity index (χ1n) is 8.13. The molecule has 0 fully saturated rings. The molecule has 0 radical (unpaired) electrons. The van der Waals surface area contributed by atoms with Crippen LogP contribution in [-0.2, 0) is 6.54 Å². The topological polar surface area (TPSA) is 3.88 Å². The van der Waals surface area contributed by atoms with Gasteiger partial charge >= 0.3 is 0 Å². The number of pyridine rings is 1. The van der Waals surface area contributed by atoms with E-state index in [0.717, 1.165) is 0 Å². The quantitative estimate of drug-likeness (QED) is 0.478. The van der Waals surface area contributed by atoms with Crippen molar-refractivity contribution < 1.29 is 21.5 Å². The van der Waals surface area contributed by atoms with Gasteiger partial charge in [-0.2, -0.15) is 0 Å². The maximum atomic E-state index is 2.42. The molecule has 1 nitrogen and oxygen atoms in total. The Bertz CT molecular complexity index is 374. The van der Waals surface area contributed by atoms with Crippen molar-refractivity contribution in [3.05, 3.63) is 29.1 Å². The fourth-order valence-corrected chi connectivity index (χ4v) is 2.60. The fraction of sp³-hybridized carbons (Fsp3) is 0.722. The minimum absolute atomic E-state index is 0. The molecule has 0 N–H and O–H groups in total. The summed E-state index contributed by atoms with van der Waals surface area (Å²) < 4.78 is 2.42. The molecular weight excluding hydrogens is 310 g/mol. The van der Waals surface area contributed by atoms with Crippen molar-refractivity contribution in [1.82, 2.24) is 0 Å². The number of aryl methyl sites for hydroxylation is 2. The van der Waals surface area contributed by atoms with Gasteiger partial charge in [0.1, 0.15) is 6.54 Å². The molecule has 0 aliphatic heterocycles. The average Bonchev–Trinajstić information content (AvgIpc) is 2.41. The number of rotatable bonds is 9. The van der Waals surface area contributed by atoms with Crippen LogP contribution in [0.5, 0.6) is 0 Å². The molecule has 0 amide bonds. The van der Waals surface area contributed by atoms with Gasteiger partial charge in [0.15, 0.2) is 11.9 Å². The molecule has 116 valence electrons. The lowest BCUT2D eigenvalue weighted by Gasteiger charge is -2.05. The van der Waals surface area contributed by atoms with Crippen molar-refractivity contribution in [1.29, 1.82) is 0 Å². The molecule has 20 heavy (non-hydrogen) atoms. The van der Waals surface area contributed by atoms with Crippen molar-refractivity contribution >= 4 is 0 Å². The third-order valence-corrected chi connectivity index (χ3v) is 4.32. The van der Waals surface area contributed by atoms with Crippen LogP contribution in [0.4, 0.5) is 0 Å². The summed E-state index contributed by atoms with van der Waals surface area (Å²) in [6.45, 7) is 10.1. The molecule has 1 aromatic rings. The largest absolute Gasteiger partial charge is 1.00 e. The minimum atomic E-state index is 0. The molecule has 0 unspecified atom stereocenters. The lowest BCUT2D eigenvalue weighted by molar-refractivity contribution is -0.703. The van der Waals surface area contributed by atoms with Gasteiger partial charge in [0.25, 0.3) is 0 Å². The van der Waals surface area contributed by atoms with E-state index in [4.69, 9.17) is 0 Å². The van der Waals surface area contributed by atoms with Crippen LogP contribution < -0.4 is 21.5 Å². The summed E-state index contributed by atoms with van der Waals surface area (Å²) in [5.74, 6) is 0. The Kier molecular flexibility index (Phi) is 11.1. The summed E-state index contributed by atoms with van der Waals surface area (Å²) in [6, 6.07) is 2.24. The second-order valence-electron chi connectivity index (χ2n) is 5.88. The molecule has 0 saturated carbocycles. The predicted octanol–water partition coefficient (Wildman–Crippen LogP) is 2.04. The average molecular weight is 342 g/mol. The van der Waals surface area contributed by atoms with E-state index in [1.54, 1.807) is 0 Å². The normalized spacial score (nSPS) is 10.4. The van der Waals surface area contributed by atoms with Crippen molar-refractivity contribution in [2.45, 2.75) is 85.6 Å². The van der Waals surface area contributed by atoms with E-state index >= 15 is 0 Å². The Balaban J connectivity index is 0.00000361. The maximum absolute atomic E-state index is 2.42. The predicted molar refractivity (Wildman–Crippen MR) is 83.5 cm³/mol. The highest BCUT2D eigenvalue weighted by Gasteiger charge is 2.09. The monoisotopic (exact) mass is 341 g/mol. The molecule has 1 rings (SSSR count). The Labute approximate surface area is 136 Å². The molecule has 0 aliphatic rings. The van der Waals surface area contributed by atoms with Gasteiger partial charge in [-0.05, 0) is 25.8 Å². The second kappa shape index (κ2) is 11.3. The van der Waals surface area contributed by atoms with E-state index in [9.17, 15) is 0 Å². The van der Waals surface area contributed by atoms with Gasteiger partial charge in [-0.25, -0.2) is 4.57 Å². The zero-order chi connectivity index (χ0) is 14.1. The molecule has 0 atom stereocenters. The summed E-state index contributed by atoms with van der Waals surface area (Å²) >= 11 is 0. The first-order valence-corrected chi connectivity index (χ1v) is 8.13. The van der Waals surface area contributed by atoms with E-state index in [-0.39, 0.29) is 17.0 Å². The maximum Gasteiger partial charge on any atom is 0.181 e. The van der Waals surface area contributed by atoms with Crippen LogP contribution in [0.25, 0.3) is 0 Å². The van der Waals surface area contributed by atoms with E-state index in [1.165, 1.54) is 74.7 Å². The molecule has 0 spiro atoms. The summed E-state index contributed by atoms with van der Waals surface area (Å²) in [5.41, 5.74) is 4.29. The number of unbranched alkanes of at least 4 members (excludes halogenated alkanes) is 7. The first kappa shape index (κ1) is 19.6. The molecule has 0 bridgehead atoms. The molecule has 0 aromatic carbocycles. The number of hydrogen-bond acceptors (Lipinski definition) is 0. The number of hydrogen-bond donors (Lipinski definition) is 0. The Morgan fingerprint density at radius 2 is 1.40 bits per heavy atom. The van der Waals surface area contributed by atoms with Crippen LogP contribution in [0.1, 0.15) is 75.1 Å². The Morgan fingerprint density at radius 1 is 0.850 bits per heavy atom. The van der Waals surface area contributed by atoms with Crippen molar-refractivity contribution in [2.75, 3.05) is 0 Å². The molecular formula is C18H32BrN. The Morgan fingerprint density at radius 3 is 2.00 bits per heavy atom. The fourth-order valence-electron chi connectivity index (χ4n) is 2.60. The molecule has 1 aromatic heterocycles. The zero-order valence-corrected chi connectivity index (χ0v) is 15.4. The zero-order valence-electron chi connectivity index (χ0n) is 13.8. The number of aromatic nitrogens is 1. The molecule has 0 aliphatic carbocycles. The highest BCUT2D eigenvalue weighted by molar-refractivity contribution is 5.22. The SMILES string of the molecule is CCCCCCCCCC[n+]1ccc(C)c(C)c1C.[Br-]. The standard InChI is InChI=1S/C18H32N.BrH/c1-5-6-7-8-9-10-11-12-14-19-15-13-16(2)17(3)18(19)4;/h13,15H,5-12,14H2,1-4H3;1H/q+1;/p-1. The van der Waals surface area contributed by atoms with Crippen LogP contribution in [0.3, 0.4) is 0 Å². The highest BCUT2D eigenvalue weighted by atomic mass is 79.9. The number of halogens is 1. The molecule has 0 saturated heterocycles. The van der Waals surface area contributed by atoms with Crippen molar-refractivity contribution in [3.63, 3.8) is 0 Å². The summed E-state index contributed by atoms with van der Waals surface area (Å²) in [4.78, 5) is 0. The van der Waals surface area contributed by atoms with Crippen LogP contribution in [-0.4, -0.2) is 0 Å². The number of nitrogens with zero attached hydrogens (tertiary/aromatic N) is 1. The molecule has 1 heterocycles. The third kappa shape index (κ3) is 6.88. The van der Waals surface area contributed by atoms with Crippen molar-refractivity contribution in [2.24, 2.45) is 0 Å². The van der Waals surface area contributed by atoms with Gasteiger partial charge in [-0.3, -0.25) is 0 Å². The van der Waals surface area contributed by atoms with Gasteiger partial charge in [-0.15, -0.1) is 0 Å². The van der Waals surface area contributed by atoms with E-state index in [2.05, 4.69) is 44.5 Å². The highest BCUT2D eigenvalue weighted by Crippen LogP contribution is 2.10. The Hall–Kier alpha value is -0.370. The second-order valence-corrected chi connectivity index (χ2v) is 5.88. The van der Waals surface area contributed by atoms with Crippen LogP contribution in [0, 0.1) is 20.8 Å². The van der Waals surface area contributed by atoms with Gasteiger partial charge in [0, 0.05) is 25.0 Å². The van der Waals surface area contributed by atoms with Gasteiger partial charge in [-0.1, -0.05) is 45.4 Å². The minimum Gasteiger partial charge on any atom is -1.00 e. The van der Waals surface area contributed by atoms with Gasteiger partial charge in [0.05, 0.1) is 0 Å². The van der Waals surface area contributed by atoms with Crippen molar-refractivity contribution in [3.8, 4) is 0 Å². The van der Waals surface area contributed by atoms with E-state index in [1.807, 2.05) is 0 Å². The van der Waals surface area contributed by atoms with Crippen LogP contribution in [0.2, 0.25) is 0 Å². The lowest BCUT2D eigenvalue weighted by atomic mass is 10.1. The van der Waals surface area contributed by atoms with E-state index < -0.39 is 0 Å². The molecule has 2 heteroatoms. The third-order valence-electron chi connectivity index (χ3n) is 4.32. The lowest BCUT2D eigenvalue weighted by Crippen LogP contribution is -3.00. The summed E-state index contributed by atoms with van der Waals surface area (Å²) in [5, 5.41) is 0. The smallest absolute Gasteiger partial charge is 0.181 e. The van der Waals surface area contributed by atoms with E-state index in [0.29, 0.717) is 0 Å². The summed E-state index contributed by atoms with van der Waals surface area (Å²) in [6.07, 6.45) is 13.4.